The number of nitrogens with zero attached hydrogens (tertiary/aromatic N) is 3. The molecule has 1 atom stereocenters. The van der Waals surface area contributed by atoms with Gasteiger partial charge in [0.05, 0.1) is 12.2 Å². The SMILES string of the molecule is CCC(NC(=O)CCn1cc(C)cn1)c1nc(C(F)(F)F)cs1. The van der Waals surface area contributed by atoms with Gasteiger partial charge in [-0.3, -0.25) is 9.48 Å². The molecule has 0 radical (unpaired) electrons. The number of halogens is 3. The van der Waals surface area contributed by atoms with E-state index in [0.29, 0.717) is 13.0 Å². The van der Waals surface area contributed by atoms with E-state index in [0.717, 1.165) is 22.3 Å². The first-order chi connectivity index (χ1) is 10.8. The highest BCUT2D eigenvalue weighted by Crippen LogP contribution is 2.32. The third kappa shape index (κ3) is 4.78. The molecule has 0 aliphatic carbocycles. The Morgan fingerprint density at radius 2 is 2.22 bits per heavy atom. The highest BCUT2D eigenvalue weighted by Gasteiger charge is 2.34. The van der Waals surface area contributed by atoms with Crippen LogP contribution >= 0.6 is 11.3 Å². The van der Waals surface area contributed by atoms with Crippen molar-refractivity contribution in [1.82, 2.24) is 20.1 Å². The average Bonchev–Trinajstić information content (AvgIpc) is 3.11. The number of nitrogens with one attached hydrogen (secondary N) is 1. The van der Waals surface area contributed by atoms with E-state index < -0.39 is 17.9 Å². The number of amides is 1. The van der Waals surface area contributed by atoms with Gasteiger partial charge in [-0.2, -0.15) is 18.3 Å². The van der Waals surface area contributed by atoms with Crippen LogP contribution in [0, 0.1) is 6.92 Å². The zero-order valence-corrected chi connectivity index (χ0v) is 13.5. The summed E-state index contributed by atoms with van der Waals surface area (Å²) in [5.41, 5.74) is 0.0801. The maximum atomic E-state index is 12.6. The lowest BCUT2D eigenvalue weighted by Crippen LogP contribution is -2.29. The molecule has 2 aromatic rings. The van der Waals surface area contributed by atoms with Crippen molar-refractivity contribution < 1.29 is 18.0 Å². The van der Waals surface area contributed by atoms with Gasteiger partial charge in [-0.15, -0.1) is 11.3 Å². The van der Waals surface area contributed by atoms with Gasteiger partial charge >= 0.3 is 6.18 Å². The van der Waals surface area contributed by atoms with Gasteiger partial charge in [0.1, 0.15) is 5.01 Å². The first kappa shape index (κ1) is 17.5. The van der Waals surface area contributed by atoms with Gasteiger partial charge in [0, 0.05) is 24.5 Å². The molecule has 1 amide bonds. The van der Waals surface area contributed by atoms with Gasteiger partial charge in [-0.25, -0.2) is 4.98 Å². The van der Waals surface area contributed by atoms with Crippen LogP contribution in [0.3, 0.4) is 0 Å². The van der Waals surface area contributed by atoms with E-state index in [-0.39, 0.29) is 17.3 Å². The maximum absolute atomic E-state index is 12.6. The second kappa shape index (κ2) is 7.12. The second-order valence-electron chi connectivity index (χ2n) is 5.13. The lowest BCUT2D eigenvalue weighted by atomic mass is 10.2. The molecule has 126 valence electrons. The number of aryl methyl sites for hydroxylation is 2. The molecule has 2 heterocycles. The predicted octanol–water partition coefficient (Wildman–Crippen LogP) is 3.32. The van der Waals surface area contributed by atoms with Crippen molar-refractivity contribution in [2.75, 3.05) is 0 Å². The zero-order chi connectivity index (χ0) is 17.0. The minimum atomic E-state index is -4.46. The molecule has 1 N–H and O–H groups in total. The van der Waals surface area contributed by atoms with Gasteiger partial charge in [-0.05, 0) is 18.9 Å². The Morgan fingerprint density at radius 1 is 1.48 bits per heavy atom. The molecule has 2 aromatic heterocycles. The lowest BCUT2D eigenvalue weighted by Gasteiger charge is -2.14. The normalized spacial score (nSPS) is 13.1. The minimum Gasteiger partial charge on any atom is -0.347 e. The third-order valence-electron chi connectivity index (χ3n) is 3.18. The maximum Gasteiger partial charge on any atom is 0.434 e. The molecule has 0 aliphatic rings. The Morgan fingerprint density at radius 3 is 2.74 bits per heavy atom. The van der Waals surface area contributed by atoms with Gasteiger partial charge in [-0.1, -0.05) is 6.92 Å². The van der Waals surface area contributed by atoms with Crippen molar-refractivity contribution in [2.24, 2.45) is 0 Å². The number of thiazole rings is 1. The lowest BCUT2D eigenvalue weighted by molar-refractivity contribution is -0.140. The van der Waals surface area contributed by atoms with E-state index in [9.17, 15) is 18.0 Å². The summed E-state index contributed by atoms with van der Waals surface area (Å²) in [6.45, 7) is 4.11. The summed E-state index contributed by atoms with van der Waals surface area (Å²) >= 11 is 0.906. The van der Waals surface area contributed by atoms with Crippen LogP contribution in [0.1, 0.15) is 42.1 Å². The molecule has 0 aliphatic heterocycles. The van der Waals surface area contributed by atoms with Gasteiger partial charge in [0.15, 0.2) is 5.69 Å². The standard InChI is InChI=1S/C14H17F3N4OS/c1-3-10(13-20-11(8-23-13)14(15,16)17)19-12(22)4-5-21-7-9(2)6-18-21/h6-8,10H,3-5H2,1-2H3,(H,19,22). The first-order valence-corrected chi connectivity index (χ1v) is 7.98. The monoisotopic (exact) mass is 346 g/mol. The largest absolute Gasteiger partial charge is 0.434 e. The number of hydrogen-bond acceptors (Lipinski definition) is 4. The molecule has 23 heavy (non-hydrogen) atoms. The fourth-order valence-corrected chi connectivity index (χ4v) is 2.95. The van der Waals surface area contributed by atoms with E-state index >= 15 is 0 Å². The summed E-state index contributed by atoms with van der Waals surface area (Å²) in [6.07, 6.45) is -0.274. The molecular weight excluding hydrogens is 329 g/mol. The molecule has 9 heteroatoms. The summed E-state index contributed by atoms with van der Waals surface area (Å²) in [4.78, 5) is 15.6. The van der Waals surface area contributed by atoms with Gasteiger partial charge < -0.3 is 5.32 Å². The van der Waals surface area contributed by atoms with E-state index in [1.54, 1.807) is 17.8 Å². The van der Waals surface area contributed by atoms with E-state index in [1.165, 1.54) is 0 Å². The van der Waals surface area contributed by atoms with Crippen molar-refractivity contribution in [3.63, 3.8) is 0 Å². The number of rotatable bonds is 6. The van der Waals surface area contributed by atoms with Crippen LogP contribution in [-0.4, -0.2) is 20.7 Å². The molecule has 2 rings (SSSR count). The van der Waals surface area contributed by atoms with Crippen LogP contribution in [0.5, 0.6) is 0 Å². The summed E-state index contributed by atoms with van der Waals surface area (Å²) < 4.78 is 39.4. The smallest absolute Gasteiger partial charge is 0.347 e. The molecule has 0 fully saturated rings. The highest BCUT2D eigenvalue weighted by atomic mass is 32.1. The quantitative estimate of drug-likeness (QED) is 0.873. The van der Waals surface area contributed by atoms with Crippen LogP contribution in [-0.2, 0) is 17.5 Å². The van der Waals surface area contributed by atoms with Crippen LogP contribution in [0.2, 0.25) is 0 Å². The number of carbonyl (C=O) groups is 1. The number of aromatic nitrogens is 3. The predicted molar refractivity (Wildman–Crippen MR) is 79.9 cm³/mol. The third-order valence-corrected chi connectivity index (χ3v) is 4.14. The first-order valence-electron chi connectivity index (χ1n) is 7.10. The van der Waals surface area contributed by atoms with Crippen molar-refractivity contribution in [3.8, 4) is 0 Å². The van der Waals surface area contributed by atoms with Crippen molar-refractivity contribution in [1.29, 1.82) is 0 Å². The highest BCUT2D eigenvalue weighted by molar-refractivity contribution is 7.09. The molecule has 0 aromatic carbocycles. The summed E-state index contributed by atoms with van der Waals surface area (Å²) in [6, 6.07) is -0.511. The van der Waals surface area contributed by atoms with Crippen LogP contribution < -0.4 is 5.32 Å². The minimum absolute atomic E-state index is 0.203. The Kier molecular flexibility index (Phi) is 5.40. The summed E-state index contributed by atoms with van der Waals surface area (Å²) in [7, 11) is 0. The van der Waals surface area contributed by atoms with Crippen molar-refractivity contribution >= 4 is 17.2 Å². The van der Waals surface area contributed by atoms with Gasteiger partial charge in [0.25, 0.3) is 0 Å². The van der Waals surface area contributed by atoms with E-state index in [4.69, 9.17) is 0 Å². The summed E-state index contributed by atoms with van der Waals surface area (Å²) in [5, 5.41) is 8.04. The molecule has 0 saturated heterocycles. The van der Waals surface area contributed by atoms with Crippen LogP contribution in [0.15, 0.2) is 17.8 Å². The van der Waals surface area contributed by atoms with Crippen molar-refractivity contribution in [2.45, 2.75) is 45.5 Å². The number of carbonyl (C=O) groups excluding carboxylic acids is 1. The zero-order valence-electron chi connectivity index (χ0n) is 12.7. The Hall–Kier alpha value is -1.90. The average molecular weight is 346 g/mol. The fraction of sp³-hybridized carbons (Fsp3) is 0.500. The molecule has 0 bridgehead atoms. The molecule has 0 spiro atoms. The number of hydrogen-bond donors (Lipinski definition) is 1. The Balaban J connectivity index is 1.93. The topological polar surface area (TPSA) is 59.8 Å². The van der Waals surface area contributed by atoms with Crippen molar-refractivity contribution in [3.05, 3.63) is 34.0 Å². The van der Waals surface area contributed by atoms with E-state index in [2.05, 4.69) is 15.4 Å². The molecular formula is C14H17F3N4OS. The summed E-state index contributed by atoms with van der Waals surface area (Å²) in [5.74, 6) is -0.242. The second-order valence-corrected chi connectivity index (χ2v) is 6.02. The Labute approximate surface area is 135 Å². The molecule has 1 unspecified atom stereocenters. The Bertz CT molecular complexity index is 665. The van der Waals surface area contributed by atoms with Crippen LogP contribution in [0.4, 0.5) is 13.2 Å². The molecule has 5 nitrogen and oxygen atoms in total. The molecule has 0 saturated carbocycles. The number of alkyl halides is 3. The van der Waals surface area contributed by atoms with Crippen LogP contribution in [0.25, 0.3) is 0 Å². The fourth-order valence-electron chi connectivity index (χ4n) is 1.99. The van der Waals surface area contributed by atoms with E-state index in [1.807, 2.05) is 13.1 Å². The van der Waals surface area contributed by atoms with Gasteiger partial charge in [0.2, 0.25) is 5.91 Å².